The van der Waals surface area contributed by atoms with Crippen molar-refractivity contribution >= 4 is 52.0 Å². The van der Waals surface area contributed by atoms with Gasteiger partial charge in [0.15, 0.2) is 0 Å². The zero-order chi connectivity index (χ0) is 30.7. The van der Waals surface area contributed by atoms with E-state index in [0.717, 1.165) is 21.0 Å². The number of hydrogen-bond donors (Lipinski definition) is 2. The minimum atomic E-state index is -2.69. The second-order valence-corrected chi connectivity index (χ2v) is 11.3. The molecule has 12 heteroatoms. The average Bonchev–Trinajstić information content (AvgIpc) is 3.39. The van der Waals surface area contributed by atoms with Gasteiger partial charge in [-0.15, -0.1) is 0 Å². The molecule has 4 aromatic carbocycles. The predicted octanol–water partition coefficient (Wildman–Crippen LogP) is 5.89. The molecular formula is C31H23Cl2N4O5S-. The van der Waals surface area contributed by atoms with Crippen molar-refractivity contribution in [3.05, 3.63) is 124 Å². The molecule has 1 atom stereocenters. The Bertz CT molecular complexity index is 1840. The first-order valence-corrected chi connectivity index (χ1v) is 14.6. The van der Waals surface area contributed by atoms with Crippen LogP contribution in [0.5, 0.6) is 0 Å². The van der Waals surface area contributed by atoms with E-state index in [1.807, 2.05) is 41.1 Å². The van der Waals surface area contributed by atoms with Gasteiger partial charge in [0.25, 0.3) is 0 Å². The number of amides is 1. The zero-order valence-electron chi connectivity index (χ0n) is 22.3. The van der Waals surface area contributed by atoms with Gasteiger partial charge in [0.05, 0.1) is 16.3 Å². The fourth-order valence-electron chi connectivity index (χ4n) is 4.57. The van der Waals surface area contributed by atoms with E-state index in [1.165, 1.54) is 0 Å². The van der Waals surface area contributed by atoms with Crippen LogP contribution in [0.1, 0.15) is 21.7 Å². The van der Waals surface area contributed by atoms with Crippen LogP contribution in [0.25, 0.3) is 28.1 Å². The van der Waals surface area contributed by atoms with E-state index in [9.17, 15) is 23.5 Å². The lowest BCUT2D eigenvalue weighted by molar-refractivity contribution is -0.116. The molecule has 1 heterocycles. The van der Waals surface area contributed by atoms with Gasteiger partial charge in [-0.2, -0.15) is 0 Å². The van der Waals surface area contributed by atoms with Crippen LogP contribution in [0, 0.1) is 0 Å². The first-order valence-electron chi connectivity index (χ1n) is 12.8. The molecule has 0 fully saturated rings. The number of aromatic nitrogens is 2. The van der Waals surface area contributed by atoms with Crippen molar-refractivity contribution in [1.29, 1.82) is 0 Å². The largest absolute Gasteiger partial charge is 0.755 e. The van der Waals surface area contributed by atoms with E-state index in [-0.39, 0.29) is 11.3 Å². The summed E-state index contributed by atoms with van der Waals surface area (Å²) in [5.74, 6) is -1.09. The quantitative estimate of drug-likeness (QED) is 0.184. The zero-order valence-corrected chi connectivity index (χ0v) is 24.6. The van der Waals surface area contributed by atoms with Crippen LogP contribution < -0.4 is 10.0 Å². The van der Waals surface area contributed by atoms with Crippen molar-refractivity contribution in [2.24, 2.45) is 5.73 Å². The Balaban J connectivity index is 1.50. The lowest BCUT2D eigenvalue weighted by Crippen LogP contribution is -2.35. The normalized spacial score (nSPS) is 11.7. The van der Waals surface area contributed by atoms with E-state index in [4.69, 9.17) is 33.9 Å². The van der Waals surface area contributed by atoms with Gasteiger partial charge in [-0.25, -0.2) is 9.78 Å². The van der Waals surface area contributed by atoms with Gasteiger partial charge in [-0.1, -0.05) is 59.6 Å². The molecule has 9 nitrogen and oxygen atoms in total. The highest BCUT2D eigenvalue weighted by molar-refractivity contribution is 7.80. The first-order chi connectivity index (χ1) is 20.6. The molecule has 0 bridgehead atoms. The number of carbonyl (C=O) groups excluding carboxylic acids is 1. The summed E-state index contributed by atoms with van der Waals surface area (Å²) in [4.78, 5) is 27.6. The number of anilines is 1. The lowest BCUT2D eigenvalue weighted by atomic mass is 10.0. The number of carbonyl (C=O) groups is 2. The molecule has 1 aromatic heterocycles. The molecule has 3 N–H and O–H groups in total. The predicted molar refractivity (Wildman–Crippen MR) is 166 cm³/mol. The third-order valence-corrected chi connectivity index (χ3v) is 7.89. The molecule has 0 radical (unpaired) electrons. The van der Waals surface area contributed by atoms with Crippen LogP contribution in [0.4, 0.5) is 5.69 Å². The van der Waals surface area contributed by atoms with Crippen LogP contribution >= 0.6 is 23.2 Å². The molecule has 5 aromatic rings. The van der Waals surface area contributed by atoms with E-state index >= 15 is 0 Å². The number of rotatable bonds is 10. The molecule has 0 spiro atoms. The summed E-state index contributed by atoms with van der Waals surface area (Å²) in [6.07, 6.45) is 2.26. The van der Waals surface area contributed by atoms with Crippen molar-refractivity contribution in [3.8, 4) is 28.1 Å². The fraction of sp³-hybridized carbons (Fsp3) is 0.0645. The summed E-state index contributed by atoms with van der Waals surface area (Å²) < 4.78 is 26.1. The smallest absolute Gasteiger partial charge is 0.335 e. The van der Waals surface area contributed by atoms with Gasteiger partial charge < -0.3 is 20.0 Å². The Labute approximate surface area is 259 Å². The number of imidazole rings is 1. The number of aromatic carboxylic acids is 1. The molecular weight excluding hydrogens is 611 g/mol. The molecule has 0 saturated heterocycles. The Morgan fingerprint density at radius 3 is 2.30 bits per heavy atom. The molecule has 0 aliphatic heterocycles. The number of benzene rings is 4. The number of hydrogen-bond acceptors (Lipinski definition) is 5. The number of carboxylic acid groups (broad SMARTS) is 1. The summed E-state index contributed by atoms with van der Waals surface area (Å²) in [6.45, 7) is -0.485. The van der Waals surface area contributed by atoms with E-state index in [2.05, 4.69) is 0 Å². The minimum Gasteiger partial charge on any atom is -0.755 e. The number of halogens is 2. The van der Waals surface area contributed by atoms with Crippen molar-refractivity contribution in [3.63, 3.8) is 0 Å². The lowest BCUT2D eigenvalue weighted by Gasteiger charge is -2.25. The fourth-order valence-corrected chi connectivity index (χ4v) is 5.61. The third kappa shape index (κ3) is 6.95. The van der Waals surface area contributed by atoms with E-state index < -0.39 is 29.7 Å². The van der Waals surface area contributed by atoms with Gasteiger partial charge in [0.1, 0.15) is 12.4 Å². The van der Waals surface area contributed by atoms with Crippen molar-refractivity contribution < 1.29 is 23.5 Å². The highest BCUT2D eigenvalue weighted by Gasteiger charge is 2.16. The second kappa shape index (κ2) is 12.8. The van der Waals surface area contributed by atoms with Crippen LogP contribution in [0.15, 0.2) is 97.2 Å². The maximum Gasteiger partial charge on any atom is 0.335 e. The van der Waals surface area contributed by atoms with Gasteiger partial charge >= 0.3 is 5.97 Å². The highest BCUT2D eigenvalue weighted by Crippen LogP contribution is 2.32. The molecule has 43 heavy (non-hydrogen) atoms. The van der Waals surface area contributed by atoms with Gasteiger partial charge in [-0.3, -0.25) is 13.3 Å². The molecule has 1 amide bonds. The SMILES string of the molecule is NC(=O)CN(c1ccc(-n2cc(-c3ccc(Cl)cc3Cl)nc2Cc2ccc(-c3cccc(C(=O)O)c3)cc2)cc1)S(=O)[O-]. The summed E-state index contributed by atoms with van der Waals surface area (Å²) >= 11 is 9.90. The summed E-state index contributed by atoms with van der Waals surface area (Å²) in [6, 6.07) is 26.2. The summed E-state index contributed by atoms with van der Waals surface area (Å²) in [7, 11) is 0. The van der Waals surface area contributed by atoms with Crippen molar-refractivity contribution in [1.82, 2.24) is 9.55 Å². The summed E-state index contributed by atoms with van der Waals surface area (Å²) in [5, 5.41) is 10.3. The van der Waals surface area contributed by atoms with Gasteiger partial charge in [0.2, 0.25) is 5.91 Å². The Hall–Kier alpha value is -4.48. The van der Waals surface area contributed by atoms with Gasteiger partial charge in [-0.05, 0) is 71.3 Å². The molecule has 5 rings (SSSR count). The number of nitrogens with zero attached hydrogens (tertiary/aromatic N) is 3. The number of nitrogens with two attached hydrogens (primary N) is 1. The van der Waals surface area contributed by atoms with Crippen LogP contribution in [0.3, 0.4) is 0 Å². The monoisotopic (exact) mass is 633 g/mol. The van der Waals surface area contributed by atoms with Crippen LogP contribution in [-0.4, -0.2) is 41.8 Å². The average molecular weight is 635 g/mol. The molecule has 218 valence electrons. The Kier molecular flexibility index (Phi) is 8.93. The van der Waals surface area contributed by atoms with Crippen LogP contribution in [-0.2, 0) is 22.5 Å². The number of primary amides is 1. The molecule has 0 aliphatic rings. The topological polar surface area (TPSA) is 142 Å². The second-order valence-electron chi connectivity index (χ2n) is 9.53. The minimum absolute atomic E-state index is 0.210. The van der Waals surface area contributed by atoms with Crippen molar-refractivity contribution in [2.45, 2.75) is 6.42 Å². The van der Waals surface area contributed by atoms with E-state index in [0.29, 0.717) is 39.2 Å². The standard InChI is InChI=1S/C31H24Cl2N4O5S/c32-23-8-13-26(27(33)16-23)28-17-36(24-9-11-25(12-10-24)37(43(41)42)18-29(34)38)30(35-28)14-19-4-6-20(7-5-19)21-2-1-3-22(15-21)31(39)40/h1-13,15-17H,14,18H2,(H2,34,38)(H,39,40)(H,41,42)/p-1. The molecule has 0 aliphatic carbocycles. The van der Waals surface area contributed by atoms with Crippen LogP contribution in [0.2, 0.25) is 10.0 Å². The number of carboxylic acids is 1. The highest BCUT2D eigenvalue weighted by atomic mass is 35.5. The maximum absolute atomic E-state index is 11.7. The van der Waals surface area contributed by atoms with E-state index in [1.54, 1.807) is 60.7 Å². The molecule has 1 unspecified atom stereocenters. The Morgan fingerprint density at radius 2 is 1.67 bits per heavy atom. The molecule has 0 saturated carbocycles. The maximum atomic E-state index is 11.7. The van der Waals surface area contributed by atoms with Crippen molar-refractivity contribution in [2.75, 3.05) is 10.8 Å². The Morgan fingerprint density at radius 1 is 0.953 bits per heavy atom. The third-order valence-electron chi connectivity index (χ3n) is 6.64. The first kappa shape index (κ1) is 30.0. The van der Waals surface area contributed by atoms with Gasteiger partial charge in [0, 0.05) is 45.8 Å². The summed E-state index contributed by atoms with van der Waals surface area (Å²) in [5.41, 5.74) is 10.3.